The highest BCUT2D eigenvalue weighted by Gasteiger charge is 2.24. The zero-order valence-corrected chi connectivity index (χ0v) is 16.2. The van der Waals surface area contributed by atoms with Crippen LogP contribution in [0.1, 0.15) is 24.5 Å². The Hall–Kier alpha value is -2.35. The minimum Gasteiger partial charge on any atom is -0.492 e. The van der Waals surface area contributed by atoms with Gasteiger partial charge in [-0.25, -0.2) is 0 Å². The van der Waals surface area contributed by atoms with Crippen LogP contribution in [0.5, 0.6) is 5.75 Å². The summed E-state index contributed by atoms with van der Waals surface area (Å²) in [5, 5.41) is 8.85. The van der Waals surface area contributed by atoms with E-state index >= 15 is 0 Å². The van der Waals surface area contributed by atoms with Gasteiger partial charge < -0.3 is 4.74 Å². The number of ether oxygens (including phenoxy) is 1. The van der Waals surface area contributed by atoms with Gasteiger partial charge >= 0.3 is 0 Å². The molecule has 1 atom stereocenters. The van der Waals surface area contributed by atoms with Crippen molar-refractivity contribution in [2.45, 2.75) is 19.9 Å². The molecule has 1 aliphatic heterocycles. The SMILES string of the molecule is CCN(CCOc1ccc(C#N)cc1)C[C@H]1CCN(Cc2ccccc2)C1. The first-order valence-electron chi connectivity index (χ1n) is 9.88. The van der Waals surface area contributed by atoms with E-state index in [1.807, 2.05) is 12.1 Å². The maximum atomic E-state index is 8.85. The minimum atomic E-state index is 0.666. The smallest absolute Gasteiger partial charge is 0.119 e. The van der Waals surface area contributed by atoms with Gasteiger partial charge in [-0.2, -0.15) is 5.26 Å². The topological polar surface area (TPSA) is 39.5 Å². The number of hydrogen-bond donors (Lipinski definition) is 0. The van der Waals surface area contributed by atoms with Crippen LogP contribution in [0.2, 0.25) is 0 Å². The van der Waals surface area contributed by atoms with Crippen LogP contribution in [-0.2, 0) is 6.54 Å². The van der Waals surface area contributed by atoms with Crippen molar-refractivity contribution in [3.63, 3.8) is 0 Å². The van der Waals surface area contributed by atoms with Gasteiger partial charge in [0.05, 0.1) is 11.6 Å². The number of nitriles is 1. The van der Waals surface area contributed by atoms with E-state index in [1.165, 1.54) is 25.1 Å². The predicted octanol–water partition coefficient (Wildman–Crippen LogP) is 3.78. The molecular weight excluding hydrogens is 334 g/mol. The minimum absolute atomic E-state index is 0.666. The lowest BCUT2D eigenvalue weighted by molar-refractivity contribution is 0.190. The highest BCUT2D eigenvalue weighted by molar-refractivity contribution is 5.34. The summed E-state index contributed by atoms with van der Waals surface area (Å²) >= 11 is 0. The first-order valence-corrected chi connectivity index (χ1v) is 9.88. The van der Waals surface area contributed by atoms with E-state index in [9.17, 15) is 0 Å². The standard InChI is InChI=1S/C23H29N3O/c1-2-25(14-15-27-23-10-8-20(16-24)9-11-23)18-22-12-13-26(19-22)17-21-6-4-3-5-7-21/h3-11,22H,2,12-15,17-19H2,1H3/t22-/m1/s1. The third-order valence-electron chi connectivity index (χ3n) is 5.24. The van der Waals surface area contributed by atoms with Crippen molar-refractivity contribution in [2.24, 2.45) is 5.92 Å². The van der Waals surface area contributed by atoms with Crippen LogP contribution in [0.3, 0.4) is 0 Å². The normalized spacial score (nSPS) is 17.1. The molecule has 2 aromatic carbocycles. The summed E-state index contributed by atoms with van der Waals surface area (Å²) in [5.41, 5.74) is 2.07. The average molecular weight is 364 g/mol. The van der Waals surface area contributed by atoms with Gasteiger partial charge in [0.1, 0.15) is 12.4 Å². The molecule has 27 heavy (non-hydrogen) atoms. The molecule has 3 rings (SSSR count). The van der Waals surface area contributed by atoms with Crippen LogP contribution in [0.15, 0.2) is 54.6 Å². The van der Waals surface area contributed by atoms with Gasteiger partial charge in [0.2, 0.25) is 0 Å². The largest absolute Gasteiger partial charge is 0.492 e. The Bertz CT molecular complexity index is 724. The fourth-order valence-corrected chi connectivity index (χ4v) is 3.71. The van der Waals surface area contributed by atoms with E-state index in [4.69, 9.17) is 10.00 Å². The Morgan fingerprint density at radius 3 is 2.63 bits per heavy atom. The van der Waals surface area contributed by atoms with Gasteiger partial charge in [0.25, 0.3) is 0 Å². The van der Waals surface area contributed by atoms with Crippen molar-refractivity contribution in [1.29, 1.82) is 5.26 Å². The summed E-state index contributed by atoms with van der Waals surface area (Å²) in [6.45, 7) is 9.46. The van der Waals surface area contributed by atoms with Gasteiger partial charge in [-0.1, -0.05) is 37.3 Å². The lowest BCUT2D eigenvalue weighted by atomic mass is 10.1. The highest BCUT2D eigenvalue weighted by Crippen LogP contribution is 2.20. The molecular formula is C23H29N3O. The molecule has 1 aliphatic rings. The second kappa shape index (κ2) is 10.1. The van der Waals surface area contributed by atoms with Crippen LogP contribution < -0.4 is 4.74 Å². The van der Waals surface area contributed by atoms with Crippen LogP contribution >= 0.6 is 0 Å². The Labute approximate surface area is 163 Å². The molecule has 4 nitrogen and oxygen atoms in total. The van der Waals surface area contributed by atoms with Crippen molar-refractivity contribution in [1.82, 2.24) is 9.80 Å². The fourth-order valence-electron chi connectivity index (χ4n) is 3.71. The molecule has 0 unspecified atom stereocenters. The lowest BCUT2D eigenvalue weighted by Gasteiger charge is -2.24. The summed E-state index contributed by atoms with van der Waals surface area (Å²) in [7, 11) is 0. The fraction of sp³-hybridized carbons (Fsp3) is 0.435. The summed E-state index contributed by atoms with van der Waals surface area (Å²) in [6.07, 6.45) is 1.28. The molecule has 0 amide bonds. The summed E-state index contributed by atoms with van der Waals surface area (Å²) in [6, 6.07) is 20.2. The van der Waals surface area contributed by atoms with E-state index in [-0.39, 0.29) is 0 Å². The van der Waals surface area contributed by atoms with Crippen LogP contribution in [0.25, 0.3) is 0 Å². The van der Waals surface area contributed by atoms with Gasteiger partial charge in [0, 0.05) is 26.2 Å². The van der Waals surface area contributed by atoms with E-state index in [0.29, 0.717) is 12.2 Å². The zero-order chi connectivity index (χ0) is 18.9. The van der Waals surface area contributed by atoms with Gasteiger partial charge in [0.15, 0.2) is 0 Å². The summed E-state index contributed by atoms with van der Waals surface area (Å²) in [5.74, 6) is 1.57. The predicted molar refractivity (Wildman–Crippen MR) is 109 cm³/mol. The van der Waals surface area contributed by atoms with Crippen LogP contribution in [0.4, 0.5) is 0 Å². The second-order valence-electron chi connectivity index (χ2n) is 7.25. The van der Waals surface area contributed by atoms with E-state index in [1.54, 1.807) is 12.1 Å². The third kappa shape index (κ3) is 6.09. The number of benzene rings is 2. The molecule has 4 heteroatoms. The molecule has 0 aliphatic carbocycles. The van der Waals surface area contributed by atoms with E-state index in [2.05, 4.69) is 53.1 Å². The zero-order valence-electron chi connectivity index (χ0n) is 16.2. The first-order chi connectivity index (χ1) is 13.3. The second-order valence-corrected chi connectivity index (χ2v) is 7.25. The molecule has 0 N–H and O–H groups in total. The lowest BCUT2D eigenvalue weighted by Crippen LogP contribution is -2.34. The van der Waals surface area contributed by atoms with E-state index in [0.717, 1.165) is 37.8 Å². The number of rotatable bonds is 9. The van der Waals surface area contributed by atoms with Gasteiger partial charge in [-0.15, -0.1) is 0 Å². The Balaban J connectivity index is 1.39. The molecule has 0 radical (unpaired) electrons. The molecule has 1 saturated heterocycles. The van der Waals surface area contributed by atoms with Crippen molar-refractivity contribution < 1.29 is 4.74 Å². The Kier molecular flexibility index (Phi) is 7.27. The maximum Gasteiger partial charge on any atom is 0.119 e. The number of likely N-dealkylation sites (tertiary alicyclic amines) is 1. The summed E-state index contributed by atoms with van der Waals surface area (Å²) < 4.78 is 5.84. The monoisotopic (exact) mass is 363 g/mol. The van der Waals surface area contributed by atoms with Crippen molar-refractivity contribution in [3.05, 3.63) is 65.7 Å². The van der Waals surface area contributed by atoms with Crippen molar-refractivity contribution >= 4 is 0 Å². The maximum absolute atomic E-state index is 8.85. The van der Waals surface area contributed by atoms with E-state index < -0.39 is 0 Å². The molecule has 0 spiro atoms. The third-order valence-corrected chi connectivity index (χ3v) is 5.24. The Morgan fingerprint density at radius 1 is 1.15 bits per heavy atom. The number of nitrogens with zero attached hydrogens (tertiary/aromatic N) is 3. The molecule has 0 saturated carbocycles. The first kappa shape index (κ1) is 19.4. The Morgan fingerprint density at radius 2 is 1.93 bits per heavy atom. The molecule has 1 fully saturated rings. The average Bonchev–Trinajstić information content (AvgIpc) is 3.15. The number of hydrogen-bond acceptors (Lipinski definition) is 4. The number of likely N-dealkylation sites (N-methyl/N-ethyl adjacent to an activating group) is 1. The molecule has 2 aromatic rings. The van der Waals surface area contributed by atoms with Crippen LogP contribution in [-0.4, -0.2) is 49.1 Å². The van der Waals surface area contributed by atoms with Gasteiger partial charge in [-0.05, 0) is 55.3 Å². The molecule has 142 valence electrons. The van der Waals surface area contributed by atoms with Crippen molar-refractivity contribution in [3.8, 4) is 11.8 Å². The summed E-state index contributed by atoms with van der Waals surface area (Å²) in [4.78, 5) is 5.06. The molecule has 0 bridgehead atoms. The van der Waals surface area contributed by atoms with Crippen molar-refractivity contribution in [2.75, 3.05) is 39.3 Å². The molecule has 0 aromatic heterocycles. The highest BCUT2D eigenvalue weighted by atomic mass is 16.5. The van der Waals surface area contributed by atoms with Gasteiger partial charge in [-0.3, -0.25) is 9.80 Å². The molecule has 1 heterocycles. The quantitative estimate of drug-likeness (QED) is 0.680. The van der Waals surface area contributed by atoms with Crippen LogP contribution in [0, 0.1) is 17.2 Å².